The van der Waals surface area contributed by atoms with Crippen molar-refractivity contribution in [3.63, 3.8) is 0 Å². The average molecular weight is 394 g/mol. The number of carbonyl (C=O) groups excluding carboxylic acids is 1. The summed E-state index contributed by atoms with van der Waals surface area (Å²) < 4.78 is 27.7. The molecule has 3 aromatic carbocycles. The van der Waals surface area contributed by atoms with Crippen molar-refractivity contribution in [1.82, 2.24) is 5.32 Å². The molecule has 28 heavy (non-hydrogen) atoms. The monoisotopic (exact) mass is 394 g/mol. The number of aryl methyl sites for hydroxylation is 1. The zero-order valence-corrected chi connectivity index (χ0v) is 16.4. The van der Waals surface area contributed by atoms with Gasteiger partial charge >= 0.3 is 0 Å². The maximum atomic E-state index is 12.6. The van der Waals surface area contributed by atoms with Crippen LogP contribution in [0.25, 0.3) is 0 Å². The Labute approximate surface area is 165 Å². The summed E-state index contributed by atoms with van der Waals surface area (Å²) in [5, 5.41) is 2.85. The highest BCUT2D eigenvalue weighted by Crippen LogP contribution is 2.19. The van der Waals surface area contributed by atoms with Gasteiger partial charge in [-0.15, -0.1) is 0 Å². The summed E-state index contributed by atoms with van der Waals surface area (Å²) in [4.78, 5) is 12.4. The third-order valence-corrected chi connectivity index (χ3v) is 5.74. The molecular formula is C22H22N2O3S. The van der Waals surface area contributed by atoms with Gasteiger partial charge in [0, 0.05) is 12.1 Å². The fourth-order valence-electron chi connectivity index (χ4n) is 2.74. The van der Waals surface area contributed by atoms with Gasteiger partial charge in [-0.05, 0) is 54.8 Å². The van der Waals surface area contributed by atoms with Crippen molar-refractivity contribution in [3.8, 4) is 0 Å². The summed E-state index contributed by atoms with van der Waals surface area (Å²) >= 11 is 0. The maximum absolute atomic E-state index is 12.6. The van der Waals surface area contributed by atoms with Gasteiger partial charge in [-0.25, -0.2) is 8.42 Å². The van der Waals surface area contributed by atoms with Crippen molar-refractivity contribution in [2.75, 3.05) is 11.3 Å². The molecule has 3 rings (SSSR count). The van der Waals surface area contributed by atoms with Crippen molar-refractivity contribution >= 4 is 21.6 Å². The molecule has 3 aromatic rings. The van der Waals surface area contributed by atoms with E-state index in [1.54, 1.807) is 12.1 Å². The Morgan fingerprint density at radius 1 is 0.857 bits per heavy atom. The number of para-hydroxylation sites is 1. The Balaban J connectivity index is 1.62. The number of rotatable bonds is 7. The van der Waals surface area contributed by atoms with Crippen LogP contribution >= 0.6 is 0 Å². The van der Waals surface area contributed by atoms with Crippen LogP contribution in [0.3, 0.4) is 0 Å². The Hall–Kier alpha value is -3.12. The van der Waals surface area contributed by atoms with Crippen LogP contribution in [0.2, 0.25) is 0 Å². The van der Waals surface area contributed by atoms with E-state index in [4.69, 9.17) is 0 Å². The maximum Gasteiger partial charge on any atom is 0.261 e. The van der Waals surface area contributed by atoms with E-state index in [1.807, 2.05) is 49.4 Å². The number of benzene rings is 3. The number of anilines is 1. The topological polar surface area (TPSA) is 75.3 Å². The molecule has 2 N–H and O–H groups in total. The summed E-state index contributed by atoms with van der Waals surface area (Å²) in [7, 11) is -3.71. The second-order valence-electron chi connectivity index (χ2n) is 6.44. The smallest absolute Gasteiger partial charge is 0.261 e. The van der Waals surface area contributed by atoms with Crippen LogP contribution in [0.1, 0.15) is 21.5 Å². The quantitative estimate of drug-likeness (QED) is 0.641. The van der Waals surface area contributed by atoms with Crippen LogP contribution in [0.5, 0.6) is 0 Å². The first-order valence-electron chi connectivity index (χ1n) is 8.96. The summed E-state index contributed by atoms with van der Waals surface area (Å²) in [6, 6.07) is 23.0. The minimum absolute atomic E-state index is 0.108. The van der Waals surface area contributed by atoms with Crippen molar-refractivity contribution in [3.05, 3.63) is 95.6 Å². The van der Waals surface area contributed by atoms with E-state index in [0.29, 0.717) is 17.8 Å². The third-order valence-electron chi connectivity index (χ3n) is 4.36. The molecule has 1 amide bonds. The fraction of sp³-hybridized carbons (Fsp3) is 0.136. The van der Waals surface area contributed by atoms with Gasteiger partial charge in [0.05, 0.1) is 10.6 Å². The van der Waals surface area contributed by atoms with Crippen molar-refractivity contribution in [2.45, 2.75) is 18.2 Å². The standard InChI is InChI=1S/C22H22N2O3S/c1-17-7-5-6-10-21(17)24-28(26,27)20-13-11-19(12-14-20)22(25)23-16-15-18-8-3-2-4-9-18/h2-14,24H,15-16H2,1H3,(H,23,25). The minimum atomic E-state index is -3.71. The van der Waals surface area contributed by atoms with Gasteiger partial charge in [0.2, 0.25) is 0 Å². The number of amides is 1. The molecule has 0 radical (unpaired) electrons. The lowest BCUT2D eigenvalue weighted by Crippen LogP contribution is -2.25. The van der Waals surface area contributed by atoms with Crippen LogP contribution in [0, 0.1) is 6.92 Å². The highest BCUT2D eigenvalue weighted by molar-refractivity contribution is 7.92. The second kappa shape index (κ2) is 8.71. The molecule has 0 fully saturated rings. The molecule has 0 saturated carbocycles. The summed E-state index contributed by atoms with van der Waals surface area (Å²) in [6.07, 6.45) is 0.736. The number of nitrogens with one attached hydrogen (secondary N) is 2. The second-order valence-corrected chi connectivity index (χ2v) is 8.12. The summed E-state index contributed by atoms with van der Waals surface area (Å²) in [6.45, 7) is 2.35. The lowest BCUT2D eigenvalue weighted by atomic mass is 10.1. The largest absolute Gasteiger partial charge is 0.352 e. The van der Waals surface area contributed by atoms with Gasteiger partial charge in [0.25, 0.3) is 15.9 Å². The molecule has 0 spiro atoms. The van der Waals surface area contributed by atoms with Crippen LogP contribution in [-0.2, 0) is 16.4 Å². The SMILES string of the molecule is Cc1ccccc1NS(=O)(=O)c1ccc(C(=O)NCCc2ccccc2)cc1. The van der Waals surface area contributed by atoms with Gasteiger partial charge in [-0.3, -0.25) is 9.52 Å². The normalized spacial score (nSPS) is 11.0. The molecule has 0 heterocycles. The van der Waals surface area contributed by atoms with Crippen LogP contribution in [0.4, 0.5) is 5.69 Å². The molecule has 0 saturated heterocycles. The van der Waals surface area contributed by atoms with Crippen LogP contribution < -0.4 is 10.0 Å². The lowest BCUT2D eigenvalue weighted by Gasteiger charge is -2.11. The van der Waals surface area contributed by atoms with E-state index >= 15 is 0 Å². The molecule has 0 aliphatic heterocycles. The molecule has 6 heteroatoms. The van der Waals surface area contributed by atoms with E-state index in [2.05, 4.69) is 10.0 Å². The van der Waals surface area contributed by atoms with Crippen LogP contribution in [-0.4, -0.2) is 20.9 Å². The molecule has 0 aliphatic carbocycles. The van der Waals surface area contributed by atoms with Gasteiger partial charge in [0.15, 0.2) is 0 Å². The van der Waals surface area contributed by atoms with E-state index < -0.39 is 10.0 Å². The van der Waals surface area contributed by atoms with Gasteiger partial charge in [-0.2, -0.15) is 0 Å². The van der Waals surface area contributed by atoms with Gasteiger partial charge < -0.3 is 5.32 Å². The highest BCUT2D eigenvalue weighted by atomic mass is 32.2. The highest BCUT2D eigenvalue weighted by Gasteiger charge is 2.16. The van der Waals surface area contributed by atoms with Crippen molar-refractivity contribution < 1.29 is 13.2 Å². The summed E-state index contributed by atoms with van der Waals surface area (Å²) in [5.41, 5.74) is 2.93. The van der Waals surface area contributed by atoms with Crippen LogP contribution in [0.15, 0.2) is 83.8 Å². The van der Waals surface area contributed by atoms with E-state index in [-0.39, 0.29) is 10.8 Å². The summed E-state index contributed by atoms with van der Waals surface area (Å²) in [5.74, 6) is -0.230. The molecule has 0 aliphatic rings. The number of carbonyl (C=O) groups is 1. The first-order chi connectivity index (χ1) is 13.5. The Bertz CT molecular complexity index is 1050. The zero-order valence-electron chi connectivity index (χ0n) is 15.6. The first-order valence-corrected chi connectivity index (χ1v) is 10.4. The number of hydrogen-bond donors (Lipinski definition) is 2. The fourth-order valence-corrected chi connectivity index (χ4v) is 3.87. The molecule has 0 bridgehead atoms. The third kappa shape index (κ3) is 4.98. The zero-order chi connectivity index (χ0) is 20.0. The Morgan fingerprint density at radius 3 is 2.18 bits per heavy atom. The molecule has 0 unspecified atom stereocenters. The van der Waals surface area contributed by atoms with E-state index in [9.17, 15) is 13.2 Å². The molecular weight excluding hydrogens is 372 g/mol. The number of sulfonamides is 1. The predicted octanol–water partition coefficient (Wildman–Crippen LogP) is 3.77. The Morgan fingerprint density at radius 2 is 1.50 bits per heavy atom. The van der Waals surface area contributed by atoms with Gasteiger partial charge in [0.1, 0.15) is 0 Å². The molecule has 0 atom stereocenters. The van der Waals surface area contributed by atoms with E-state index in [0.717, 1.165) is 17.5 Å². The number of hydrogen-bond acceptors (Lipinski definition) is 3. The average Bonchev–Trinajstić information content (AvgIpc) is 2.70. The predicted molar refractivity (Wildman–Crippen MR) is 111 cm³/mol. The Kier molecular flexibility index (Phi) is 6.11. The van der Waals surface area contributed by atoms with Gasteiger partial charge in [-0.1, -0.05) is 48.5 Å². The minimum Gasteiger partial charge on any atom is -0.352 e. The first kappa shape index (κ1) is 19.6. The molecule has 0 aromatic heterocycles. The van der Waals surface area contributed by atoms with Crippen molar-refractivity contribution in [1.29, 1.82) is 0 Å². The molecule has 5 nitrogen and oxygen atoms in total. The lowest BCUT2D eigenvalue weighted by molar-refractivity contribution is 0.0954. The molecule has 144 valence electrons. The van der Waals surface area contributed by atoms with Crippen molar-refractivity contribution in [2.24, 2.45) is 0 Å². The van der Waals surface area contributed by atoms with E-state index in [1.165, 1.54) is 24.3 Å².